The summed E-state index contributed by atoms with van der Waals surface area (Å²) < 4.78 is 10.8. The highest BCUT2D eigenvalue weighted by atomic mass is 35.5. The summed E-state index contributed by atoms with van der Waals surface area (Å²) in [6.45, 7) is 4.60. The lowest BCUT2D eigenvalue weighted by molar-refractivity contribution is 0.0697. The van der Waals surface area contributed by atoms with Crippen LogP contribution in [0.15, 0.2) is 12.1 Å². The fraction of sp³-hybridized carbons (Fsp3) is 0.500. The predicted octanol–water partition coefficient (Wildman–Crippen LogP) is 2.19. The van der Waals surface area contributed by atoms with Crippen LogP contribution >= 0.6 is 11.6 Å². The fourth-order valence-corrected chi connectivity index (χ4v) is 1.81. The van der Waals surface area contributed by atoms with Gasteiger partial charge >= 0.3 is 5.97 Å². The van der Waals surface area contributed by atoms with E-state index < -0.39 is 12.1 Å². The SMILES string of the molecule is CCOc1cc(NCC(O)CCl)c(C(=O)O)cc1OCC. The molecular formula is C14H20ClNO5. The van der Waals surface area contributed by atoms with E-state index in [0.29, 0.717) is 30.4 Å². The van der Waals surface area contributed by atoms with Crippen LogP contribution in [0.25, 0.3) is 0 Å². The van der Waals surface area contributed by atoms with Crippen molar-refractivity contribution in [3.05, 3.63) is 17.7 Å². The van der Waals surface area contributed by atoms with Gasteiger partial charge in [-0.1, -0.05) is 0 Å². The van der Waals surface area contributed by atoms with Gasteiger partial charge in [0.1, 0.15) is 0 Å². The molecule has 0 heterocycles. The number of alkyl halides is 1. The lowest BCUT2D eigenvalue weighted by Gasteiger charge is -2.17. The molecule has 0 fully saturated rings. The summed E-state index contributed by atoms with van der Waals surface area (Å²) in [6, 6.07) is 2.96. The third-order valence-corrected chi connectivity index (χ3v) is 2.98. The summed E-state index contributed by atoms with van der Waals surface area (Å²) >= 11 is 5.52. The summed E-state index contributed by atoms with van der Waals surface area (Å²) in [5.41, 5.74) is 0.391. The van der Waals surface area contributed by atoms with Crippen LogP contribution < -0.4 is 14.8 Å². The molecule has 0 aliphatic rings. The second-order valence-corrected chi connectivity index (χ2v) is 4.51. The van der Waals surface area contributed by atoms with Crippen LogP contribution in [0.2, 0.25) is 0 Å². The Balaban J connectivity index is 3.13. The Morgan fingerprint density at radius 1 is 1.29 bits per heavy atom. The van der Waals surface area contributed by atoms with Gasteiger partial charge in [-0.3, -0.25) is 0 Å². The summed E-state index contributed by atoms with van der Waals surface area (Å²) in [5.74, 6) is -0.209. The molecule has 0 saturated heterocycles. The molecule has 7 heteroatoms. The average Bonchev–Trinajstić information content (AvgIpc) is 2.46. The summed E-state index contributed by atoms with van der Waals surface area (Å²) in [6.07, 6.45) is -0.768. The number of hydrogen-bond acceptors (Lipinski definition) is 5. The summed E-state index contributed by atoms with van der Waals surface area (Å²) in [4.78, 5) is 11.3. The smallest absolute Gasteiger partial charge is 0.337 e. The first kappa shape index (κ1) is 17.4. The Bertz CT molecular complexity index is 481. The Kier molecular flexibility index (Phi) is 7.11. The van der Waals surface area contributed by atoms with E-state index in [2.05, 4.69) is 5.32 Å². The molecule has 3 N–H and O–H groups in total. The number of nitrogens with one attached hydrogen (secondary N) is 1. The largest absolute Gasteiger partial charge is 0.490 e. The van der Waals surface area contributed by atoms with Crippen molar-refractivity contribution in [1.82, 2.24) is 0 Å². The van der Waals surface area contributed by atoms with Crippen LogP contribution in [-0.4, -0.2) is 47.9 Å². The zero-order valence-corrected chi connectivity index (χ0v) is 12.8. The molecule has 6 nitrogen and oxygen atoms in total. The van der Waals surface area contributed by atoms with Gasteiger partial charge in [-0.25, -0.2) is 4.79 Å². The number of halogens is 1. The molecule has 0 aliphatic carbocycles. The number of aliphatic hydroxyl groups excluding tert-OH is 1. The van der Waals surface area contributed by atoms with Crippen LogP contribution in [0.4, 0.5) is 5.69 Å². The molecule has 1 aromatic carbocycles. The number of benzene rings is 1. The molecule has 0 radical (unpaired) electrons. The van der Waals surface area contributed by atoms with Gasteiger partial charge < -0.3 is 25.0 Å². The van der Waals surface area contributed by atoms with Gasteiger partial charge in [-0.15, -0.1) is 11.6 Å². The molecule has 1 atom stereocenters. The minimum absolute atomic E-state index is 0.0451. The van der Waals surface area contributed by atoms with Crippen LogP contribution in [0.5, 0.6) is 11.5 Å². The highest BCUT2D eigenvalue weighted by molar-refractivity contribution is 6.18. The predicted molar refractivity (Wildman–Crippen MR) is 81.0 cm³/mol. The zero-order valence-electron chi connectivity index (χ0n) is 12.1. The van der Waals surface area contributed by atoms with Gasteiger partial charge in [-0.2, -0.15) is 0 Å². The minimum Gasteiger partial charge on any atom is -0.490 e. The highest BCUT2D eigenvalue weighted by Crippen LogP contribution is 2.34. The third-order valence-electron chi connectivity index (χ3n) is 2.62. The number of hydrogen-bond donors (Lipinski definition) is 3. The van der Waals surface area contributed by atoms with Crippen molar-refractivity contribution >= 4 is 23.3 Å². The molecule has 0 saturated carbocycles. The number of aromatic carboxylic acids is 1. The van der Waals surface area contributed by atoms with E-state index in [1.165, 1.54) is 6.07 Å². The second kappa shape index (κ2) is 8.59. The average molecular weight is 318 g/mol. The van der Waals surface area contributed by atoms with Gasteiger partial charge in [0, 0.05) is 18.7 Å². The molecule has 0 bridgehead atoms. The first-order valence-corrected chi connectivity index (χ1v) is 7.21. The van der Waals surface area contributed by atoms with Crippen LogP contribution in [0, 0.1) is 0 Å². The van der Waals surface area contributed by atoms with E-state index >= 15 is 0 Å². The first-order chi connectivity index (χ1) is 10.0. The number of carboxylic acid groups (broad SMARTS) is 1. The van der Waals surface area contributed by atoms with E-state index in [0.717, 1.165) is 0 Å². The Hall–Kier alpha value is -1.66. The number of rotatable bonds is 9. The van der Waals surface area contributed by atoms with Crippen molar-refractivity contribution in [2.45, 2.75) is 20.0 Å². The quantitative estimate of drug-likeness (QED) is 0.605. The molecule has 0 aliphatic heterocycles. The Morgan fingerprint density at radius 2 is 1.86 bits per heavy atom. The van der Waals surface area contributed by atoms with Gasteiger partial charge in [0.15, 0.2) is 11.5 Å². The van der Waals surface area contributed by atoms with Gasteiger partial charge in [0.05, 0.1) is 36.4 Å². The lowest BCUT2D eigenvalue weighted by atomic mass is 10.1. The summed E-state index contributed by atoms with van der Waals surface area (Å²) in [7, 11) is 0. The molecule has 1 rings (SSSR count). The van der Waals surface area contributed by atoms with Gasteiger partial charge in [0.2, 0.25) is 0 Å². The standard InChI is InChI=1S/C14H20ClNO5/c1-3-20-12-5-10(14(18)19)11(6-13(12)21-4-2)16-8-9(17)7-15/h5-6,9,16-17H,3-4,7-8H2,1-2H3,(H,18,19). The van der Waals surface area contributed by atoms with Crippen molar-refractivity contribution < 1.29 is 24.5 Å². The van der Waals surface area contributed by atoms with E-state index in [9.17, 15) is 15.0 Å². The van der Waals surface area contributed by atoms with Crippen molar-refractivity contribution in [3.8, 4) is 11.5 Å². The van der Waals surface area contributed by atoms with Crippen LogP contribution in [0.3, 0.4) is 0 Å². The van der Waals surface area contributed by atoms with Crippen molar-refractivity contribution in [2.24, 2.45) is 0 Å². The molecule has 0 spiro atoms. The Morgan fingerprint density at radius 3 is 2.33 bits per heavy atom. The van der Waals surface area contributed by atoms with Crippen LogP contribution in [-0.2, 0) is 0 Å². The lowest BCUT2D eigenvalue weighted by Crippen LogP contribution is -2.22. The molecule has 0 amide bonds. The number of anilines is 1. The third kappa shape index (κ3) is 4.99. The monoisotopic (exact) mass is 317 g/mol. The van der Waals surface area contributed by atoms with E-state index in [1.54, 1.807) is 13.0 Å². The van der Waals surface area contributed by atoms with E-state index in [1.807, 2.05) is 6.92 Å². The van der Waals surface area contributed by atoms with Crippen molar-refractivity contribution in [2.75, 3.05) is 31.0 Å². The number of ether oxygens (including phenoxy) is 2. The molecular weight excluding hydrogens is 298 g/mol. The second-order valence-electron chi connectivity index (χ2n) is 4.20. The normalized spacial score (nSPS) is 11.8. The van der Waals surface area contributed by atoms with E-state index in [-0.39, 0.29) is 18.0 Å². The van der Waals surface area contributed by atoms with Crippen LogP contribution in [0.1, 0.15) is 24.2 Å². The van der Waals surface area contributed by atoms with Gasteiger partial charge in [-0.05, 0) is 13.8 Å². The molecule has 0 aromatic heterocycles. The maximum atomic E-state index is 11.3. The Labute approximate surface area is 128 Å². The topological polar surface area (TPSA) is 88.0 Å². The zero-order chi connectivity index (χ0) is 15.8. The fourth-order valence-electron chi connectivity index (χ4n) is 1.70. The number of carboxylic acids is 1. The molecule has 21 heavy (non-hydrogen) atoms. The maximum absolute atomic E-state index is 11.3. The highest BCUT2D eigenvalue weighted by Gasteiger charge is 2.17. The molecule has 118 valence electrons. The number of aliphatic hydroxyl groups is 1. The summed E-state index contributed by atoms with van der Waals surface area (Å²) in [5, 5.41) is 21.6. The van der Waals surface area contributed by atoms with Crippen molar-refractivity contribution in [1.29, 1.82) is 0 Å². The van der Waals surface area contributed by atoms with Gasteiger partial charge in [0.25, 0.3) is 0 Å². The van der Waals surface area contributed by atoms with Crippen molar-refractivity contribution in [3.63, 3.8) is 0 Å². The minimum atomic E-state index is -1.10. The molecule has 1 aromatic rings. The van der Waals surface area contributed by atoms with E-state index in [4.69, 9.17) is 21.1 Å². The first-order valence-electron chi connectivity index (χ1n) is 6.68. The number of carbonyl (C=O) groups is 1. The molecule has 1 unspecified atom stereocenters. The maximum Gasteiger partial charge on any atom is 0.337 e.